The molecule has 1 aliphatic heterocycles. The molecular weight excluding hydrogens is 226 g/mol. The highest BCUT2D eigenvalue weighted by molar-refractivity contribution is 5.96. The predicted octanol–water partition coefficient (Wildman–Crippen LogP) is 0.919. The van der Waals surface area contributed by atoms with Crippen molar-refractivity contribution in [1.29, 1.82) is 5.41 Å². The molecule has 0 saturated heterocycles. The Kier molecular flexibility index (Phi) is 7.37. The largest absolute Gasteiger partial charge is 0.370 e. The van der Waals surface area contributed by atoms with Crippen molar-refractivity contribution in [1.82, 2.24) is 10.2 Å². The Labute approximate surface area is 103 Å². The summed E-state index contributed by atoms with van der Waals surface area (Å²) in [6.45, 7) is 4.37. The molecule has 0 aromatic rings. The molecule has 6 heteroatoms. The summed E-state index contributed by atoms with van der Waals surface area (Å²) in [5.41, 5.74) is 5.62. The highest BCUT2D eigenvalue weighted by Gasteiger charge is 2.10. The minimum atomic E-state index is 0. The van der Waals surface area contributed by atoms with Gasteiger partial charge in [-0.15, -0.1) is 12.4 Å². The van der Waals surface area contributed by atoms with Gasteiger partial charge in [0.15, 0.2) is 11.9 Å². The summed E-state index contributed by atoms with van der Waals surface area (Å²) in [6.07, 6.45) is 6.12. The van der Waals surface area contributed by atoms with E-state index in [4.69, 9.17) is 11.1 Å². The van der Waals surface area contributed by atoms with Crippen molar-refractivity contribution in [2.45, 2.75) is 19.8 Å². The van der Waals surface area contributed by atoms with Gasteiger partial charge in [-0.2, -0.15) is 0 Å². The molecule has 0 aliphatic carbocycles. The summed E-state index contributed by atoms with van der Waals surface area (Å²) in [5, 5.41) is 10.6. The zero-order chi connectivity index (χ0) is 11.1. The predicted molar refractivity (Wildman–Crippen MR) is 70.2 cm³/mol. The number of hydrogen-bond donors (Lipinski definition) is 3. The first kappa shape index (κ1) is 14.8. The molecule has 1 rings (SSSR count). The quantitative estimate of drug-likeness (QED) is 0.385. The van der Waals surface area contributed by atoms with Gasteiger partial charge in [0.05, 0.1) is 0 Å². The second-order valence-corrected chi connectivity index (χ2v) is 3.45. The monoisotopic (exact) mass is 245 g/mol. The molecule has 0 amide bonds. The van der Waals surface area contributed by atoms with Crippen LogP contribution in [0.15, 0.2) is 17.1 Å². The topological polar surface area (TPSA) is 77.5 Å². The molecule has 16 heavy (non-hydrogen) atoms. The van der Waals surface area contributed by atoms with Gasteiger partial charge in [-0.25, -0.2) is 0 Å². The first-order valence-corrected chi connectivity index (χ1v) is 5.29. The van der Waals surface area contributed by atoms with Gasteiger partial charge in [-0.3, -0.25) is 15.7 Å². The van der Waals surface area contributed by atoms with E-state index in [0.717, 1.165) is 25.9 Å². The van der Waals surface area contributed by atoms with Gasteiger partial charge in [0.2, 0.25) is 0 Å². The molecule has 0 aromatic heterocycles. The van der Waals surface area contributed by atoms with Crippen LogP contribution < -0.4 is 11.1 Å². The Bertz CT molecular complexity index is 274. The average Bonchev–Trinajstić information content (AvgIpc) is 2.27. The fraction of sp³-hybridized carbons (Fsp3) is 0.600. The highest BCUT2D eigenvalue weighted by atomic mass is 35.5. The van der Waals surface area contributed by atoms with E-state index >= 15 is 0 Å². The minimum absolute atomic E-state index is 0. The first-order chi connectivity index (χ1) is 7.24. The van der Waals surface area contributed by atoms with E-state index in [2.05, 4.69) is 22.5 Å². The van der Waals surface area contributed by atoms with Gasteiger partial charge in [0, 0.05) is 19.6 Å². The maximum absolute atomic E-state index is 7.77. The molecular formula is C10H20ClN5. The second kappa shape index (κ2) is 7.98. The standard InChI is InChI=1S/C10H19N5.ClH/c1-2-6-13-9(11)14-10(12)15-7-4-3-5-8-15;/h3-4H,2,5-8H2,1H3,(H4,11,12,13,14);1H. The molecule has 4 N–H and O–H groups in total. The summed E-state index contributed by atoms with van der Waals surface area (Å²) in [7, 11) is 0. The van der Waals surface area contributed by atoms with Gasteiger partial charge in [-0.05, 0) is 12.8 Å². The number of rotatable bonds is 2. The summed E-state index contributed by atoms with van der Waals surface area (Å²) in [6, 6.07) is 0. The van der Waals surface area contributed by atoms with Crippen molar-refractivity contribution in [2.75, 3.05) is 19.6 Å². The zero-order valence-corrected chi connectivity index (χ0v) is 10.4. The fourth-order valence-electron chi connectivity index (χ4n) is 1.32. The first-order valence-electron chi connectivity index (χ1n) is 5.29. The van der Waals surface area contributed by atoms with E-state index in [1.807, 2.05) is 11.8 Å². The molecule has 1 aliphatic rings. The van der Waals surface area contributed by atoms with Gasteiger partial charge in [-0.1, -0.05) is 19.1 Å². The average molecular weight is 246 g/mol. The van der Waals surface area contributed by atoms with Crippen LogP contribution in [0.4, 0.5) is 0 Å². The lowest BCUT2D eigenvalue weighted by molar-refractivity contribution is 0.441. The number of nitrogens with zero attached hydrogens (tertiary/aromatic N) is 2. The second-order valence-electron chi connectivity index (χ2n) is 3.45. The molecule has 0 radical (unpaired) electrons. The Morgan fingerprint density at radius 2 is 2.31 bits per heavy atom. The molecule has 0 saturated carbocycles. The van der Waals surface area contributed by atoms with Crippen molar-refractivity contribution in [2.24, 2.45) is 10.7 Å². The number of nitrogens with one attached hydrogen (secondary N) is 2. The van der Waals surface area contributed by atoms with E-state index in [1.54, 1.807) is 0 Å². The Balaban J connectivity index is 0.00000225. The number of halogens is 1. The van der Waals surface area contributed by atoms with Crippen LogP contribution >= 0.6 is 12.4 Å². The molecule has 1 heterocycles. The Morgan fingerprint density at radius 1 is 1.56 bits per heavy atom. The van der Waals surface area contributed by atoms with Crippen molar-refractivity contribution in [3.63, 3.8) is 0 Å². The van der Waals surface area contributed by atoms with Crippen LogP contribution in [0.1, 0.15) is 19.8 Å². The molecule has 0 atom stereocenters. The lowest BCUT2D eigenvalue weighted by Crippen LogP contribution is -2.47. The van der Waals surface area contributed by atoms with E-state index in [0.29, 0.717) is 18.5 Å². The number of aliphatic imine (C=N–C) groups is 1. The molecule has 0 spiro atoms. The van der Waals surface area contributed by atoms with Crippen LogP contribution in [0.5, 0.6) is 0 Å². The van der Waals surface area contributed by atoms with Crippen LogP contribution in [-0.4, -0.2) is 36.5 Å². The van der Waals surface area contributed by atoms with Gasteiger partial charge >= 0.3 is 0 Å². The van der Waals surface area contributed by atoms with Crippen LogP contribution in [-0.2, 0) is 0 Å². The lowest BCUT2D eigenvalue weighted by Gasteiger charge is -2.25. The smallest absolute Gasteiger partial charge is 0.198 e. The zero-order valence-electron chi connectivity index (χ0n) is 9.57. The third-order valence-corrected chi connectivity index (χ3v) is 2.13. The Hall–Kier alpha value is -1.23. The van der Waals surface area contributed by atoms with E-state index in [9.17, 15) is 0 Å². The van der Waals surface area contributed by atoms with Gasteiger partial charge in [0.1, 0.15) is 0 Å². The molecule has 5 nitrogen and oxygen atoms in total. The van der Waals surface area contributed by atoms with Crippen molar-refractivity contribution < 1.29 is 0 Å². The van der Waals surface area contributed by atoms with E-state index in [1.165, 1.54) is 0 Å². The third kappa shape index (κ3) is 5.02. The summed E-state index contributed by atoms with van der Waals surface area (Å²) < 4.78 is 0. The highest BCUT2D eigenvalue weighted by Crippen LogP contribution is 1.99. The number of nitrogens with two attached hydrogens (primary N) is 1. The SMILES string of the molecule is CCCN=C(N)NC(=N)N1CC=CCC1.Cl. The van der Waals surface area contributed by atoms with Crippen LogP contribution in [0, 0.1) is 5.41 Å². The van der Waals surface area contributed by atoms with Gasteiger partial charge < -0.3 is 10.6 Å². The Morgan fingerprint density at radius 3 is 2.88 bits per heavy atom. The molecule has 0 fully saturated rings. The molecule has 0 aromatic carbocycles. The van der Waals surface area contributed by atoms with Crippen molar-refractivity contribution in [3.8, 4) is 0 Å². The third-order valence-electron chi connectivity index (χ3n) is 2.13. The minimum Gasteiger partial charge on any atom is -0.370 e. The normalized spacial score (nSPS) is 15.6. The maximum atomic E-state index is 7.77. The summed E-state index contributed by atoms with van der Waals surface area (Å²) in [5.74, 6) is 0.660. The fourth-order valence-corrected chi connectivity index (χ4v) is 1.32. The van der Waals surface area contributed by atoms with E-state index < -0.39 is 0 Å². The maximum Gasteiger partial charge on any atom is 0.198 e. The number of guanidine groups is 2. The molecule has 0 unspecified atom stereocenters. The summed E-state index contributed by atoms with van der Waals surface area (Å²) in [4.78, 5) is 6.00. The molecule has 0 bridgehead atoms. The lowest BCUT2D eigenvalue weighted by atomic mass is 10.3. The van der Waals surface area contributed by atoms with Crippen molar-refractivity contribution in [3.05, 3.63) is 12.2 Å². The van der Waals surface area contributed by atoms with Crippen LogP contribution in [0.3, 0.4) is 0 Å². The van der Waals surface area contributed by atoms with Gasteiger partial charge in [0.25, 0.3) is 0 Å². The number of hydrogen-bond acceptors (Lipinski definition) is 2. The van der Waals surface area contributed by atoms with Crippen LogP contribution in [0.25, 0.3) is 0 Å². The van der Waals surface area contributed by atoms with Crippen LogP contribution in [0.2, 0.25) is 0 Å². The van der Waals surface area contributed by atoms with E-state index in [-0.39, 0.29) is 12.4 Å². The summed E-state index contributed by atoms with van der Waals surface area (Å²) >= 11 is 0. The van der Waals surface area contributed by atoms with Crippen molar-refractivity contribution >= 4 is 24.3 Å². The molecule has 92 valence electrons.